The first-order chi connectivity index (χ1) is 14.5. The molecule has 30 heavy (non-hydrogen) atoms. The molecule has 0 fully saturated rings. The van der Waals surface area contributed by atoms with Crippen molar-refractivity contribution in [2.24, 2.45) is 0 Å². The van der Waals surface area contributed by atoms with Gasteiger partial charge in [0, 0.05) is 42.7 Å². The van der Waals surface area contributed by atoms with Crippen LogP contribution in [0.3, 0.4) is 0 Å². The van der Waals surface area contributed by atoms with Crippen LogP contribution in [0, 0.1) is 12.3 Å². The maximum absolute atomic E-state index is 12.9. The number of Topliss-reactive ketones (excluding diaryl/α,β-unsaturated/α-hetero) is 2. The summed E-state index contributed by atoms with van der Waals surface area (Å²) in [5.41, 5.74) is 2.04. The number of halogens is 1. The van der Waals surface area contributed by atoms with Gasteiger partial charge < -0.3 is 14.2 Å². The molecule has 0 unspecified atom stereocenters. The second-order valence-electron chi connectivity index (χ2n) is 7.52. The molecule has 6 heteroatoms. The molecule has 2 aliphatic carbocycles. The lowest BCUT2D eigenvalue weighted by molar-refractivity contribution is -0.117. The van der Waals surface area contributed by atoms with Crippen molar-refractivity contribution in [1.29, 1.82) is 0 Å². The highest BCUT2D eigenvalue weighted by Gasteiger charge is 2.42. The largest absolute Gasteiger partial charge is 0.490 e. The van der Waals surface area contributed by atoms with Crippen molar-refractivity contribution >= 4 is 27.5 Å². The summed E-state index contributed by atoms with van der Waals surface area (Å²) in [6.07, 6.45) is 9.25. The van der Waals surface area contributed by atoms with Crippen molar-refractivity contribution in [3.63, 3.8) is 0 Å². The smallest absolute Gasteiger partial charge is 0.176 e. The van der Waals surface area contributed by atoms with Gasteiger partial charge in [0.25, 0.3) is 0 Å². The molecule has 4 rings (SSSR count). The fourth-order valence-corrected chi connectivity index (χ4v) is 5.00. The molecular weight excluding hydrogens is 448 g/mol. The Morgan fingerprint density at radius 2 is 1.70 bits per heavy atom. The van der Waals surface area contributed by atoms with E-state index < -0.39 is 5.92 Å². The van der Waals surface area contributed by atoms with E-state index >= 15 is 0 Å². The van der Waals surface area contributed by atoms with Gasteiger partial charge in [-0.1, -0.05) is 5.92 Å². The van der Waals surface area contributed by atoms with Gasteiger partial charge in [-0.2, -0.15) is 0 Å². The molecule has 0 N–H and O–H groups in total. The van der Waals surface area contributed by atoms with Gasteiger partial charge in [-0.15, -0.1) is 6.42 Å². The van der Waals surface area contributed by atoms with Crippen molar-refractivity contribution in [1.82, 2.24) is 0 Å². The SMILES string of the molecule is C#CCOc1c(Br)cc(C2C3=C(CCCC3=O)OC3=C2C(=O)CCC3)cc1OCC. The van der Waals surface area contributed by atoms with Gasteiger partial charge in [-0.3, -0.25) is 9.59 Å². The third kappa shape index (κ3) is 3.67. The second kappa shape index (κ2) is 8.69. The van der Waals surface area contributed by atoms with E-state index in [1.165, 1.54) is 0 Å². The first-order valence-corrected chi connectivity index (χ1v) is 11.1. The predicted octanol–water partition coefficient (Wildman–Crippen LogP) is 4.99. The Kier molecular flexibility index (Phi) is 6.01. The number of carbonyl (C=O) groups excluding carboxylic acids is 2. The number of rotatable bonds is 5. The molecule has 0 bridgehead atoms. The molecule has 0 spiro atoms. The van der Waals surface area contributed by atoms with Gasteiger partial charge in [0.2, 0.25) is 0 Å². The monoisotopic (exact) mass is 470 g/mol. The van der Waals surface area contributed by atoms with E-state index in [0.29, 0.717) is 70.9 Å². The molecule has 1 aliphatic heterocycles. The average Bonchev–Trinajstić information content (AvgIpc) is 2.72. The van der Waals surface area contributed by atoms with Crippen LogP contribution in [0.25, 0.3) is 0 Å². The zero-order valence-corrected chi connectivity index (χ0v) is 18.5. The molecule has 156 valence electrons. The molecule has 1 aromatic rings. The third-order valence-corrected chi connectivity index (χ3v) is 6.19. The van der Waals surface area contributed by atoms with Crippen LogP contribution in [0.5, 0.6) is 11.5 Å². The number of ether oxygens (including phenoxy) is 3. The van der Waals surface area contributed by atoms with Crippen LogP contribution in [0.1, 0.15) is 56.9 Å². The molecule has 0 atom stereocenters. The van der Waals surface area contributed by atoms with Crippen molar-refractivity contribution in [2.45, 2.75) is 51.4 Å². The molecule has 1 heterocycles. The van der Waals surface area contributed by atoms with Gasteiger partial charge >= 0.3 is 0 Å². The normalized spacial score (nSPS) is 19.1. The highest BCUT2D eigenvalue weighted by atomic mass is 79.9. The van der Waals surface area contributed by atoms with Crippen LogP contribution in [0.15, 0.2) is 39.3 Å². The molecule has 0 saturated carbocycles. The summed E-state index contributed by atoms with van der Waals surface area (Å²) >= 11 is 3.56. The fourth-order valence-electron chi connectivity index (χ4n) is 4.42. The zero-order chi connectivity index (χ0) is 21.3. The van der Waals surface area contributed by atoms with E-state index in [4.69, 9.17) is 20.6 Å². The molecular formula is C24H23BrO5. The van der Waals surface area contributed by atoms with Gasteiger partial charge in [0.15, 0.2) is 23.1 Å². The Bertz CT molecular complexity index is 969. The number of terminal acetylenes is 1. The van der Waals surface area contributed by atoms with E-state index in [1.807, 2.05) is 19.1 Å². The lowest BCUT2D eigenvalue weighted by atomic mass is 9.73. The van der Waals surface area contributed by atoms with E-state index in [-0.39, 0.29) is 18.2 Å². The number of hydrogen-bond donors (Lipinski definition) is 0. The van der Waals surface area contributed by atoms with Crippen LogP contribution in [0.4, 0.5) is 0 Å². The van der Waals surface area contributed by atoms with Gasteiger partial charge in [-0.05, 0) is 53.4 Å². The Morgan fingerprint density at radius 1 is 1.07 bits per heavy atom. The Balaban J connectivity index is 1.88. The number of allylic oxidation sites excluding steroid dienone is 4. The molecule has 0 amide bonds. The van der Waals surface area contributed by atoms with Crippen molar-refractivity contribution < 1.29 is 23.8 Å². The first kappa shape index (κ1) is 20.7. The number of benzene rings is 1. The molecule has 1 aromatic carbocycles. The summed E-state index contributed by atoms with van der Waals surface area (Å²) in [6.45, 7) is 2.43. The van der Waals surface area contributed by atoms with Crippen molar-refractivity contribution in [3.8, 4) is 23.8 Å². The Hall–Kier alpha value is -2.52. The topological polar surface area (TPSA) is 61.8 Å². The second-order valence-corrected chi connectivity index (χ2v) is 8.37. The Labute approximate surface area is 184 Å². The van der Waals surface area contributed by atoms with Crippen LogP contribution < -0.4 is 9.47 Å². The van der Waals surface area contributed by atoms with Crippen LogP contribution in [0.2, 0.25) is 0 Å². The summed E-state index contributed by atoms with van der Waals surface area (Å²) in [5.74, 6) is 4.58. The van der Waals surface area contributed by atoms with E-state index in [2.05, 4.69) is 21.9 Å². The summed E-state index contributed by atoms with van der Waals surface area (Å²) in [5, 5.41) is 0. The molecule has 0 aromatic heterocycles. The predicted molar refractivity (Wildman–Crippen MR) is 115 cm³/mol. The summed E-state index contributed by atoms with van der Waals surface area (Å²) in [7, 11) is 0. The minimum atomic E-state index is -0.443. The quantitative estimate of drug-likeness (QED) is 0.567. The van der Waals surface area contributed by atoms with Crippen LogP contribution in [-0.2, 0) is 14.3 Å². The maximum Gasteiger partial charge on any atom is 0.176 e. The summed E-state index contributed by atoms with van der Waals surface area (Å²) < 4.78 is 18.3. The maximum atomic E-state index is 12.9. The van der Waals surface area contributed by atoms with Crippen molar-refractivity contribution in [3.05, 3.63) is 44.8 Å². The molecule has 0 saturated heterocycles. The van der Waals surface area contributed by atoms with E-state index in [0.717, 1.165) is 18.4 Å². The number of carbonyl (C=O) groups is 2. The highest BCUT2D eigenvalue weighted by molar-refractivity contribution is 9.10. The highest BCUT2D eigenvalue weighted by Crippen LogP contribution is 2.50. The van der Waals surface area contributed by atoms with Gasteiger partial charge in [-0.25, -0.2) is 0 Å². The molecule has 5 nitrogen and oxygen atoms in total. The lowest BCUT2D eigenvalue weighted by Crippen LogP contribution is -2.30. The fraction of sp³-hybridized carbons (Fsp3) is 0.417. The number of hydrogen-bond acceptors (Lipinski definition) is 5. The summed E-state index contributed by atoms with van der Waals surface area (Å²) in [6, 6.07) is 3.75. The van der Waals surface area contributed by atoms with Crippen molar-refractivity contribution in [2.75, 3.05) is 13.2 Å². The van der Waals surface area contributed by atoms with E-state index in [9.17, 15) is 9.59 Å². The molecule has 3 aliphatic rings. The Morgan fingerprint density at radius 3 is 2.27 bits per heavy atom. The lowest BCUT2D eigenvalue weighted by Gasteiger charge is -2.36. The van der Waals surface area contributed by atoms with Gasteiger partial charge in [0.1, 0.15) is 18.1 Å². The standard InChI is InChI=1S/C24H23BrO5/c1-3-11-29-24-15(25)12-14(13-20(24)28-4-2)21-22-16(26)7-5-9-18(22)30-19-10-6-8-17(27)23(19)21/h1,12-13,21H,4-11H2,2H3. The number of ketones is 2. The minimum Gasteiger partial charge on any atom is -0.490 e. The van der Waals surface area contributed by atoms with Gasteiger partial charge in [0.05, 0.1) is 11.1 Å². The molecule has 0 radical (unpaired) electrons. The van der Waals surface area contributed by atoms with E-state index in [1.54, 1.807) is 0 Å². The summed E-state index contributed by atoms with van der Waals surface area (Å²) in [4.78, 5) is 25.9. The first-order valence-electron chi connectivity index (χ1n) is 10.3. The van der Waals surface area contributed by atoms with Crippen LogP contribution in [-0.4, -0.2) is 24.8 Å². The van der Waals surface area contributed by atoms with Crippen LogP contribution >= 0.6 is 15.9 Å². The minimum absolute atomic E-state index is 0.0490. The zero-order valence-electron chi connectivity index (χ0n) is 16.9. The third-order valence-electron chi connectivity index (χ3n) is 5.61. The average molecular weight is 471 g/mol.